The Labute approximate surface area is 127 Å². The van der Waals surface area contributed by atoms with E-state index in [4.69, 9.17) is 0 Å². The van der Waals surface area contributed by atoms with Crippen LogP contribution in [0, 0.1) is 17.8 Å². The fourth-order valence-corrected chi connectivity index (χ4v) is 2.75. The van der Waals surface area contributed by atoms with Crippen LogP contribution < -0.4 is 10.6 Å². The molecule has 3 heteroatoms. The molecule has 1 aromatic rings. The lowest BCUT2D eigenvalue weighted by Crippen LogP contribution is -2.36. The maximum Gasteiger partial charge on any atom is 0.315 e. The highest BCUT2D eigenvalue weighted by Crippen LogP contribution is 2.28. The van der Waals surface area contributed by atoms with Crippen LogP contribution in [0.5, 0.6) is 0 Å². The number of benzene rings is 1. The third kappa shape index (κ3) is 6.35. The molecule has 0 saturated heterocycles. The number of hydrogen-bond donors (Lipinski definition) is 2. The van der Waals surface area contributed by atoms with E-state index in [9.17, 15) is 4.79 Å². The summed E-state index contributed by atoms with van der Waals surface area (Å²) in [6.07, 6.45) is 7.85. The fourth-order valence-electron chi connectivity index (χ4n) is 2.75. The Hall–Kier alpha value is -1.95. The quantitative estimate of drug-likeness (QED) is 0.632. The average molecular weight is 284 g/mol. The summed E-state index contributed by atoms with van der Waals surface area (Å²) in [7, 11) is 0. The highest BCUT2D eigenvalue weighted by molar-refractivity contribution is 5.74. The van der Waals surface area contributed by atoms with Gasteiger partial charge in [0.1, 0.15) is 0 Å². The van der Waals surface area contributed by atoms with Crippen molar-refractivity contribution in [3.05, 3.63) is 35.9 Å². The first kappa shape index (κ1) is 15.4. The number of carbonyl (C=O) groups excluding carboxylic acids is 1. The van der Waals surface area contributed by atoms with Crippen molar-refractivity contribution < 1.29 is 4.79 Å². The minimum atomic E-state index is -0.121. The number of carbonyl (C=O) groups is 1. The normalized spacial score (nSPS) is 14.3. The van der Waals surface area contributed by atoms with E-state index in [1.54, 1.807) is 0 Å². The van der Waals surface area contributed by atoms with Crippen LogP contribution in [0.4, 0.5) is 4.79 Å². The van der Waals surface area contributed by atoms with E-state index in [0.717, 1.165) is 24.4 Å². The molecule has 0 unspecified atom stereocenters. The summed E-state index contributed by atoms with van der Waals surface area (Å²) in [5, 5.41) is 5.65. The topological polar surface area (TPSA) is 41.1 Å². The van der Waals surface area contributed by atoms with E-state index in [0.29, 0.717) is 6.54 Å². The van der Waals surface area contributed by atoms with Gasteiger partial charge in [-0.1, -0.05) is 55.7 Å². The van der Waals surface area contributed by atoms with Crippen molar-refractivity contribution in [3.8, 4) is 11.8 Å². The van der Waals surface area contributed by atoms with E-state index in [-0.39, 0.29) is 6.03 Å². The minimum Gasteiger partial charge on any atom is -0.338 e. The molecule has 0 bridgehead atoms. The summed E-state index contributed by atoms with van der Waals surface area (Å²) >= 11 is 0. The van der Waals surface area contributed by atoms with Crippen molar-refractivity contribution >= 4 is 6.03 Å². The molecule has 1 fully saturated rings. The third-order valence-corrected chi connectivity index (χ3v) is 3.89. The van der Waals surface area contributed by atoms with Gasteiger partial charge in [0.25, 0.3) is 0 Å². The van der Waals surface area contributed by atoms with Crippen LogP contribution in [0.25, 0.3) is 0 Å². The molecular formula is C18H24N2O. The van der Waals surface area contributed by atoms with Gasteiger partial charge in [-0.3, -0.25) is 0 Å². The van der Waals surface area contributed by atoms with Gasteiger partial charge in [-0.25, -0.2) is 4.79 Å². The zero-order chi connectivity index (χ0) is 14.8. The molecule has 2 N–H and O–H groups in total. The van der Waals surface area contributed by atoms with Crippen LogP contribution in [-0.2, 0) is 0 Å². The molecule has 112 valence electrons. The van der Waals surface area contributed by atoms with Gasteiger partial charge in [0.2, 0.25) is 0 Å². The van der Waals surface area contributed by atoms with Gasteiger partial charge in [0.15, 0.2) is 0 Å². The van der Waals surface area contributed by atoms with Crippen molar-refractivity contribution in [1.82, 2.24) is 10.6 Å². The predicted octanol–water partition coefficient (Wildman–Crippen LogP) is 3.31. The molecule has 1 saturated carbocycles. The highest BCUT2D eigenvalue weighted by Gasteiger charge is 2.13. The van der Waals surface area contributed by atoms with Gasteiger partial charge in [0.05, 0.1) is 6.54 Å². The Morgan fingerprint density at radius 1 is 1.14 bits per heavy atom. The second-order valence-electron chi connectivity index (χ2n) is 5.57. The SMILES string of the molecule is O=C(NCC#Cc1ccccc1)NCCCC1CCCC1. The largest absolute Gasteiger partial charge is 0.338 e. The van der Waals surface area contributed by atoms with Crippen molar-refractivity contribution in [1.29, 1.82) is 0 Å². The van der Waals surface area contributed by atoms with E-state index >= 15 is 0 Å². The molecule has 0 heterocycles. The van der Waals surface area contributed by atoms with Crippen molar-refractivity contribution in [2.24, 2.45) is 5.92 Å². The Morgan fingerprint density at radius 2 is 1.90 bits per heavy atom. The number of urea groups is 1. The first-order valence-electron chi connectivity index (χ1n) is 7.90. The monoisotopic (exact) mass is 284 g/mol. The zero-order valence-corrected chi connectivity index (χ0v) is 12.5. The average Bonchev–Trinajstić information content (AvgIpc) is 3.02. The summed E-state index contributed by atoms with van der Waals surface area (Å²) in [5.74, 6) is 6.85. The smallest absolute Gasteiger partial charge is 0.315 e. The second-order valence-corrected chi connectivity index (χ2v) is 5.57. The van der Waals surface area contributed by atoms with Gasteiger partial charge < -0.3 is 10.6 Å². The molecule has 0 aromatic heterocycles. The first-order valence-corrected chi connectivity index (χ1v) is 7.90. The van der Waals surface area contributed by atoms with Crippen molar-refractivity contribution in [2.75, 3.05) is 13.1 Å². The van der Waals surface area contributed by atoms with Gasteiger partial charge in [-0.05, 0) is 30.9 Å². The molecule has 1 aliphatic rings. The van der Waals surface area contributed by atoms with Crippen molar-refractivity contribution in [3.63, 3.8) is 0 Å². The zero-order valence-electron chi connectivity index (χ0n) is 12.5. The molecular weight excluding hydrogens is 260 g/mol. The van der Waals surface area contributed by atoms with E-state index < -0.39 is 0 Å². The Bertz CT molecular complexity index is 481. The van der Waals surface area contributed by atoms with Gasteiger partial charge in [-0.15, -0.1) is 0 Å². The Morgan fingerprint density at radius 3 is 2.67 bits per heavy atom. The lowest BCUT2D eigenvalue weighted by atomic mass is 10.0. The summed E-state index contributed by atoms with van der Waals surface area (Å²) in [6, 6.07) is 9.65. The van der Waals surface area contributed by atoms with Gasteiger partial charge in [-0.2, -0.15) is 0 Å². The molecule has 1 aromatic carbocycles. The lowest BCUT2D eigenvalue weighted by molar-refractivity contribution is 0.241. The van der Waals surface area contributed by atoms with E-state index in [1.165, 1.54) is 32.1 Å². The molecule has 1 aliphatic carbocycles. The molecule has 3 nitrogen and oxygen atoms in total. The second kappa shape index (κ2) is 9.07. The van der Waals surface area contributed by atoms with Crippen LogP contribution in [0.1, 0.15) is 44.1 Å². The fraction of sp³-hybridized carbons (Fsp3) is 0.500. The molecule has 2 rings (SSSR count). The molecule has 2 amide bonds. The molecule has 0 atom stereocenters. The summed E-state index contributed by atoms with van der Waals surface area (Å²) in [6.45, 7) is 1.14. The van der Waals surface area contributed by atoms with Crippen molar-refractivity contribution in [2.45, 2.75) is 38.5 Å². The molecule has 0 aliphatic heterocycles. The summed E-state index contributed by atoms with van der Waals surface area (Å²) in [4.78, 5) is 11.6. The van der Waals surface area contributed by atoms with E-state index in [1.807, 2.05) is 30.3 Å². The Kier molecular flexibility index (Phi) is 6.67. The number of rotatable bonds is 5. The van der Waals surface area contributed by atoms with Crippen LogP contribution in [-0.4, -0.2) is 19.1 Å². The first-order chi connectivity index (χ1) is 10.3. The molecule has 0 spiro atoms. The Balaban J connectivity index is 1.52. The molecule has 21 heavy (non-hydrogen) atoms. The van der Waals surface area contributed by atoms with Gasteiger partial charge in [0, 0.05) is 12.1 Å². The highest BCUT2D eigenvalue weighted by atomic mass is 16.2. The summed E-state index contributed by atoms with van der Waals surface area (Å²) in [5.41, 5.74) is 0.969. The maximum atomic E-state index is 11.6. The summed E-state index contributed by atoms with van der Waals surface area (Å²) < 4.78 is 0. The lowest BCUT2D eigenvalue weighted by Gasteiger charge is -2.09. The predicted molar refractivity (Wildman–Crippen MR) is 85.9 cm³/mol. The van der Waals surface area contributed by atoms with Gasteiger partial charge >= 0.3 is 6.03 Å². The minimum absolute atomic E-state index is 0.121. The van der Waals surface area contributed by atoms with Crippen LogP contribution >= 0.6 is 0 Å². The number of hydrogen-bond acceptors (Lipinski definition) is 1. The van der Waals surface area contributed by atoms with E-state index in [2.05, 4.69) is 22.5 Å². The van der Waals surface area contributed by atoms with Crippen LogP contribution in [0.15, 0.2) is 30.3 Å². The maximum absolute atomic E-state index is 11.6. The number of amides is 2. The third-order valence-electron chi connectivity index (χ3n) is 3.89. The number of nitrogens with one attached hydrogen (secondary N) is 2. The van der Waals surface area contributed by atoms with Crippen LogP contribution in [0.3, 0.4) is 0 Å². The van der Waals surface area contributed by atoms with Crippen LogP contribution in [0.2, 0.25) is 0 Å². The molecule has 0 radical (unpaired) electrons. The standard InChI is InChI=1S/C18H24N2O/c21-18(20-15-7-13-17-10-4-5-11-17)19-14-6-12-16-8-2-1-3-9-16/h1-3,8-9,17H,4-5,7,10-11,13-15H2,(H2,19,20,21).